The van der Waals surface area contributed by atoms with Gasteiger partial charge >= 0.3 is 0 Å². The van der Waals surface area contributed by atoms with E-state index in [0.29, 0.717) is 11.0 Å². The predicted molar refractivity (Wildman–Crippen MR) is 75.5 cm³/mol. The molecule has 0 saturated carbocycles. The molecule has 94 valence electrons. The van der Waals surface area contributed by atoms with Crippen molar-refractivity contribution in [3.8, 4) is 22.8 Å². The number of methoxy groups -OCH3 is 2. The molecule has 18 heavy (non-hydrogen) atoms. The highest BCUT2D eigenvalue weighted by atomic mass is 79.9. The fourth-order valence-corrected chi connectivity index (χ4v) is 2.33. The summed E-state index contributed by atoms with van der Waals surface area (Å²) < 4.78 is 11.2. The van der Waals surface area contributed by atoms with Crippen molar-refractivity contribution in [1.29, 1.82) is 0 Å². The van der Waals surface area contributed by atoms with E-state index in [1.807, 2.05) is 24.3 Å². The lowest BCUT2D eigenvalue weighted by atomic mass is 10.1. The zero-order valence-electron chi connectivity index (χ0n) is 9.91. The minimum Gasteiger partial charge on any atom is -0.496 e. The molecule has 0 spiro atoms. The van der Waals surface area contributed by atoms with Gasteiger partial charge < -0.3 is 9.47 Å². The zero-order valence-corrected chi connectivity index (χ0v) is 12.2. The van der Waals surface area contributed by atoms with E-state index in [1.54, 1.807) is 20.3 Å². The highest BCUT2D eigenvalue weighted by Gasteiger charge is 2.07. The molecule has 0 bridgehead atoms. The summed E-state index contributed by atoms with van der Waals surface area (Å²) in [4.78, 5) is 4.04. The molecule has 0 aliphatic heterocycles. The number of halogens is 2. The summed E-state index contributed by atoms with van der Waals surface area (Å²) in [5.74, 6) is 1.27. The van der Waals surface area contributed by atoms with Crippen molar-refractivity contribution in [2.75, 3.05) is 14.2 Å². The Morgan fingerprint density at radius 3 is 2.44 bits per heavy atom. The van der Waals surface area contributed by atoms with Crippen molar-refractivity contribution in [2.24, 2.45) is 0 Å². The Bertz CT molecular complexity index is 575. The van der Waals surface area contributed by atoms with Crippen LogP contribution in [0.1, 0.15) is 0 Å². The zero-order chi connectivity index (χ0) is 13.1. The number of rotatable bonds is 3. The van der Waals surface area contributed by atoms with Gasteiger partial charge in [0.05, 0.1) is 18.7 Å². The Balaban J connectivity index is 2.48. The van der Waals surface area contributed by atoms with Crippen molar-refractivity contribution in [1.82, 2.24) is 4.98 Å². The summed E-state index contributed by atoms with van der Waals surface area (Å²) in [6.07, 6.45) is 0. The maximum Gasteiger partial charge on any atom is 0.214 e. The number of ether oxygens (including phenoxy) is 2. The summed E-state index contributed by atoms with van der Waals surface area (Å²) in [7, 11) is 3.19. The average molecular weight is 329 g/mol. The lowest BCUT2D eigenvalue weighted by molar-refractivity contribution is 0.398. The van der Waals surface area contributed by atoms with E-state index in [1.165, 1.54) is 0 Å². The highest BCUT2D eigenvalue weighted by molar-refractivity contribution is 9.10. The van der Waals surface area contributed by atoms with Gasteiger partial charge in [-0.05, 0) is 45.3 Å². The van der Waals surface area contributed by atoms with Gasteiger partial charge in [-0.25, -0.2) is 4.98 Å². The topological polar surface area (TPSA) is 31.4 Å². The second-order valence-corrected chi connectivity index (χ2v) is 4.81. The van der Waals surface area contributed by atoms with Crippen LogP contribution in [0.2, 0.25) is 5.15 Å². The third-order valence-electron chi connectivity index (χ3n) is 2.46. The van der Waals surface area contributed by atoms with Gasteiger partial charge in [0.2, 0.25) is 5.88 Å². The molecular weight excluding hydrogens is 318 g/mol. The summed E-state index contributed by atoms with van der Waals surface area (Å²) in [5.41, 5.74) is 1.94. The Morgan fingerprint density at radius 1 is 1.06 bits per heavy atom. The van der Waals surface area contributed by atoms with Crippen LogP contribution in [0.5, 0.6) is 11.6 Å². The molecule has 2 aromatic rings. The largest absolute Gasteiger partial charge is 0.496 e. The maximum absolute atomic E-state index is 5.95. The maximum atomic E-state index is 5.95. The normalized spacial score (nSPS) is 10.2. The molecule has 0 fully saturated rings. The van der Waals surface area contributed by atoms with Crippen LogP contribution in [0.25, 0.3) is 11.1 Å². The summed E-state index contributed by atoms with van der Waals surface area (Å²) in [6, 6.07) is 9.43. The molecule has 0 saturated heterocycles. The first-order chi connectivity index (χ1) is 8.63. The van der Waals surface area contributed by atoms with Gasteiger partial charge in [-0.2, -0.15) is 0 Å². The first-order valence-corrected chi connectivity index (χ1v) is 6.36. The number of hydrogen-bond donors (Lipinski definition) is 0. The van der Waals surface area contributed by atoms with Gasteiger partial charge in [0, 0.05) is 6.07 Å². The second-order valence-electron chi connectivity index (χ2n) is 3.57. The Labute approximate surface area is 119 Å². The minimum atomic E-state index is 0.399. The standard InChI is InChI=1S/C13H11BrClNO2/c1-17-11-4-3-8(5-10(11)14)9-6-12(15)16-13(7-9)18-2/h3-7H,1-2H3. The summed E-state index contributed by atoms with van der Waals surface area (Å²) in [6.45, 7) is 0. The minimum absolute atomic E-state index is 0.399. The van der Waals surface area contributed by atoms with Crippen molar-refractivity contribution >= 4 is 27.5 Å². The van der Waals surface area contributed by atoms with Gasteiger partial charge in [-0.1, -0.05) is 17.7 Å². The number of benzene rings is 1. The quantitative estimate of drug-likeness (QED) is 0.792. The lowest BCUT2D eigenvalue weighted by Crippen LogP contribution is -1.90. The van der Waals surface area contributed by atoms with Gasteiger partial charge in [0.25, 0.3) is 0 Å². The van der Waals surface area contributed by atoms with Gasteiger partial charge in [-0.15, -0.1) is 0 Å². The molecule has 1 aromatic heterocycles. The molecule has 0 radical (unpaired) electrons. The fourth-order valence-electron chi connectivity index (χ4n) is 1.59. The molecule has 1 aromatic carbocycles. The van der Waals surface area contributed by atoms with Crippen LogP contribution in [0.15, 0.2) is 34.8 Å². The van der Waals surface area contributed by atoms with Crippen molar-refractivity contribution in [3.05, 3.63) is 40.0 Å². The van der Waals surface area contributed by atoms with E-state index in [2.05, 4.69) is 20.9 Å². The van der Waals surface area contributed by atoms with Crippen LogP contribution in [-0.4, -0.2) is 19.2 Å². The third kappa shape index (κ3) is 2.76. The molecule has 5 heteroatoms. The van der Waals surface area contributed by atoms with Crippen LogP contribution < -0.4 is 9.47 Å². The number of aromatic nitrogens is 1. The Hall–Kier alpha value is -1.26. The monoisotopic (exact) mass is 327 g/mol. The molecular formula is C13H11BrClNO2. The molecule has 3 nitrogen and oxygen atoms in total. The average Bonchev–Trinajstić information content (AvgIpc) is 2.37. The van der Waals surface area contributed by atoms with Crippen LogP contribution in [0, 0.1) is 0 Å². The number of hydrogen-bond acceptors (Lipinski definition) is 3. The number of nitrogens with zero attached hydrogens (tertiary/aromatic N) is 1. The summed E-state index contributed by atoms with van der Waals surface area (Å²) >= 11 is 9.40. The molecule has 0 unspecified atom stereocenters. The second kappa shape index (κ2) is 5.59. The first-order valence-electron chi connectivity index (χ1n) is 5.19. The van der Waals surface area contributed by atoms with Crippen LogP contribution in [0.4, 0.5) is 0 Å². The Morgan fingerprint density at radius 2 is 1.83 bits per heavy atom. The van der Waals surface area contributed by atoms with Gasteiger partial charge in [-0.3, -0.25) is 0 Å². The van der Waals surface area contributed by atoms with E-state index < -0.39 is 0 Å². The van der Waals surface area contributed by atoms with E-state index in [4.69, 9.17) is 21.1 Å². The lowest BCUT2D eigenvalue weighted by Gasteiger charge is -2.08. The fraction of sp³-hybridized carbons (Fsp3) is 0.154. The molecule has 1 heterocycles. The van der Waals surface area contributed by atoms with Crippen molar-refractivity contribution in [3.63, 3.8) is 0 Å². The third-order valence-corrected chi connectivity index (χ3v) is 3.28. The van der Waals surface area contributed by atoms with Crippen LogP contribution in [-0.2, 0) is 0 Å². The van der Waals surface area contributed by atoms with Crippen LogP contribution in [0.3, 0.4) is 0 Å². The smallest absolute Gasteiger partial charge is 0.214 e. The molecule has 0 atom stereocenters. The summed E-state index contributed by atoms with van der Waals surface area (Å²) in [5, 5.41) is 0.399. The van der Waals surface area contributed by atoms with Crippen LogP contribution >= 0.6 is 27.5 Å². The van der Waals surface area contributed by atoms with Gasteiger partial charge in [0.1, 0.15) is 10.9 Å². The van der Waals surface area contributed by atoms with E-state index in [0.717, 1.165) is 21.3 Å². The SMILES string of the molecule is COc1cc(-c2ccc(OC)c(Br)c2)cc(Cl)n1. The predicted octanol–water partition coefficient (Wildman–Crippen LogP) is 4.18. The Kier molecular flexibility index (Phi) is 4.09. The molecule has 2 rings (SSSR count). The van der Waals surface area contributed by atoms with E-state index in [-0.39, 0.29) is 0 Å². The first kappa shape index (κ1) is 13.2. The molecule has 0 aliphatic rings. The van der Waals surface area contributed by atoms with Crippen molar-refractivity contribution < 1.29 is 9.47 Å². The van der Waals surface area contributed by atoms with Gasteiger partial charge in [0.15, 0.2) is 0 Å². The van der Waals surface area contributed by atoms with Crippen molar-refractivity contribution in [2.45, 2.75) is 0 Å². The molecule has 0 aliphatic carbocycles. The van der Waals surface area contributed by atoms with E-state index in [9.17, 15) is 0 Å². The number of pyridine rings is 1. The highest BCUT2D eigenvalue weighted by Crippen LogP contribution is 2.32. The molecule has 0 amide bonds. The molecule has 0 N–H and O–H groups in total. The van der Waals surface area contributed by atoms with E-state index >= 15 is 0 Å².